The van der Waals surface area contributed by atoms with Crippen molar-refractivity contribution >= 4 is 45.9 Å². The Morgan fingerprint density at radius 3 is 1.60 bits per heavy atom. The summed E-state index contributed by atoms with van der Waals surface area (Å²) in [7, 11) is 3.73. The number of hydrogen-bond acceptors (Lipinski definition) is 8. The van der Waals surface area contributed by atoms with E-state index in [1.807, 2.05) is 74.1 Å². The third-order valence-corrected chi connectivity index (χ3v) is 6.43. The zero-order chi connectivity index (χ0) is 32.1. The molecule has 9 heteroatoms. The van der Waals surface area contributed by atoms with E-state index in [1.165, 1.54) is 22.3 Å². The van der Waals surface area contributed by atoms with Crippen LogP contribution in [0, 0.1) is 41.5 Å². The van der Waals surface area contributed by atoms with Gasteiger partial charge in [-0.25, -0.2) is 4.98 Å². The fourth-order valence-electron chi connectivity index (χ4n) is 4.33. The number of rotatable bonds is 6. The van der Waals surface area contributed by atoms with E-state index in [2.05, 4.69) is 104 Å². The predicted molar refractivity (Wildman–Crippen MR) is 186 cm³/mol. The molecule has 0 saturated carbocycles. The number of anilines is 6. The van der Waals surface area contributed by atoms with Crippen molar-refractivity contribution in [3.8, 4) is 0 Å². The van der Waals surface area contributed by atoms with E-state index >= 15 is 0 Å². The molecule has 2 aromatic carbocycles. The van der Waals surface area contributed by atoms with Gasteiger partial charge >= 0.3 is 0 Å². The van der Waals surface area contributed by atoms with Crippen LogP contribution in [0.5, 0.6) is 0 Å². The number of benzene rings is 2. The maximum atomic E-state index is 4.56. The zero-order valence-corrected chi connectivity index (χ0v) is 27.9. The van der Waals surface area contributed by atoms with E-state index < -0.39 is 0 Å². The van der Waals surface area contributed by atoms with Crippen LogP contribution < -0.4 is 21.3 Å². The van der Waals surface area contributed by atoms with Gasteiger partial charge in [0.2, 0.25) is 11.9 Å². The standard InChI is InChI=1S/C16H19N5.C14H18N4.2C2H6/c1-9-5-6-12(10(2)7-9)19-16-20-14(17-4)13-11(3)8-18-15(13)21-16;1-9-5-6-12(10(2)7-9)17-14-16-8-11(3)13(15-4)18-14;2*1-2/h5-8H,1-4H3,(H3,17,18,19,20,21);5-8H,1-4H3,(H2,15,16,17,18);2*1-2H3. The topological polar surface area (TPSA) is 115 Å². The molecule has 0 fully saturated rings. The number of H-pyrrole nitrogens is 1. The smallest absolute Gasteiger partial charge is 0.231 e. The van der Waals surface area contributed by atoms with E-state index in [-0.39, 0.29) is 0 Å². The van der Waals surface area contributed by atoms with Crippen LogP contribution in [-0.2, 0) is 0 Å². The monoisotopic (exact) mass is 583 g/mol. The average molecular weight is 584 g/mol. The Hall–Kier alpha value is -4.66. The molecule has 0 aliphatic rings. The Labute approximate surface area is 257 Å². The van der Waals surface area contributed by atoms with Crippen LogP contribution >= 0.6 is 0 Å². The molecule has 3 aromatic heterocycles. The molecular formula is C34H49N9. The predicted octanol–water partition coefficient (Wildman–Crippen LogP) is 8.91. The van der Waals surface area contributed by atoms with Gasteiger partial charge in [-0.2, -0.15) is 15.0 Å². The number of fused-ring (bicyclic) bond motifs is 1. The first-order valence-electron chi connectivity index (χ1n) is 14.9. The summed E-state index contributed by atoms with van der Waals surface area (Å²) in [5.74, 6) is 2.86. The molecular weight excluding hydrogens is 534 g/mol. The third-order valence-electron chi connectivity index (χ3n) is 6.43. The number of aromatic amines is 1. The largest absolute Gasteiger partial charge is 0.373 e. The summed E-state index contributed by atoms with van der Waals surface area (Å²) in [5.41, 5.74) is 9.90. The number of nitrogens with zero attached hydrogens (tertiary/aromatic N) is 4. The molecule has 0 radical (unpaired) electrons. The molecule has 0 saturated heterocycles. The second-order valence-corrected chi connectivity index (χ2v) is 9.70. The number of hydrogen-bond donors (Lipinski definition) is 5. The lowest BCUT2D eigenvalue weighted by Crippen LogP contribution is -2.03. The molecule has 3 heterocycles. The Kier molecular flexibility index (Phi) is 13.4. The van der Waals surface area contributed by atoms with E-state index in [4.69, 9.17) is 0 Å². The molecule has 5 N–H and O–H groups in total. The van der Waals surface area contributed by atoms with Crippen LogP contribution in [0.1, 0.15) is 61.1 Å². The third kappa shape index (κ3) is 9.16. The SMILES string of the molecule is CC.CC.CNc1nc(Nc2ccc(C)cc2C)nc2[nH]cc(C)c12.CNc1nc(Nc2ccc(C)cc2C)ncc1C. The van der Waals surface area contributed by atoms with E-state index in [9.17, 15) is 0 Å². The van der Waals surface area contributed by atoms with Gasteiger partial charge in [0.25, 0.3) is 0 Å². The van der Waals surface area contributed by atoms with E-state index in [1.54, 1.807) is 0 Å². The van der Waals surface area contributed by atoms with Gasteiger partial charge in [-0.3, -0.25) is 0 Å². The van der Waals surface area contributed by atoms with Crippen LogP contribution in [0.15, 0.2) is 48.8 Å². The minimum Gasteiger partial charge on any atom is -0.373 e. The Morgan fingerprint density at radius 1 is 0.581 bits per heavy atom. The second kappa shape index (κ2) is 16.7. The number of nitrogens with one attached hydrogen (secondary N) is 5. The highest BCUT2D eigenvalue weighted by molar-refractivity contribution is 5.91. The minimum atomic E-state index is 0.584. The lowest BCUT2D eigenvalue weighted by atomic mass is 10.1. The van der Waals surface area contributed by atoms with Gasteiger partial charge in [-0.1, -0.05) is 63.1 Å². The van der Waals surface area contributed by atoms with Crippen LogP contribution in [0.4, 0.5) is 34.9 Å². The quantitative estimate of drug-likeness (QED) is 0.135. The fraction of sp³-hybridized carbons (Fsp3) is 0.353. The summed E-state index contributed by atoms with van der Waals surface area (Å²) < 4.78 is 0. The lowest BCUT2D eigenvalue weighted by molar-refractivity contribution is 1.12. The van der Waals surface area contributed by atoms with Crippen LogP contribution in [0.25, 0.3) is 11.0 Å². The van der Waals surface area contributed by atoms with Crippen molar-refractivity contribution in [2.45, 2.75) is 69.2 Å². The van der Waals surface area contributed by atoms with Gasteiger partial charge in [0.15, 0.2) is 0 Å². The summed E-state index contributed by atoms with van der Waals surface area (Å²) in [6.07, 6.45) is 3.76. The summed E-state index contributed by atoms with van der Waals surface area (Å²) in [6, 6.07) is 12.5. The van der Waals surface area contributed by atoms with Crippen LogP contribution in [-0.4, -0.2) is 39.0 Å². The summed E-state index contributed by atoms with van der Waals surface area (Å²) in [6.45, 7) is 20.3. The maximum Gasteiger partial charge on any atom is 0.231 e. The number of aromatic nitrogens is 5. The highest BCUT2D eigenvalue weighted by Gasteiger charge is 2.11. The lowest BCUT2D eigenvalue weighted by Gasteiger charge is -2.11. The van der Waals surface area contributed by atoms with Gasteiger partial charge < -0.3 is 26.3 Å². The second-order valence-electron chi connectivity index (χ2n) is 9.70. The van der Waals surface area contributed by atoms with Crippen molar-refractivity contribution < 1.29 is 0 Å². The summed E-state index contributed by atoms with van der Waals surface area (Å²) in [5, 5.41) is 13.8. The Balaban J connectivity index is 0.000000272. The summed E-state index contributed by atoms with van der Waals surface area (Å²) in [4.78, 5) is 21.0. The first kappa shape index (κ1) is 34.5. The fourth-order valence-corrected chi connectivity index (χ4v) is 4.33. The normalized spacial score (nSPS) is 9.86. The van der Waals surface area contributed by atoms with Crippen molar-refractivity contribution in [3.63, 3.8) is 0 Å². The number of aryl methyl sites for hydroxylation is 6. The molecule has 0 aliphatic carbocycles. The van der Waals surface area contributed by atoms with E-state index in [0.29, 0.717) is 11.9 Å². The van der Waals surface area contributed by atoms with Crippen LogP contribution in [0.3, 0.4) is 0 Å². The summed E-state index contributed by atoms with van der Waals surface area (Å²) >= 11 is 0. The highest BCUT2D eigenvalue weighted by atomic mass is 15.2. The maximum absolute atomic E-state index is 4.56. The van der Waals surface area contributed by atoms with Crippen molar-refractivity contribution in [3.05, 3.63) is 82.2 Å². The zero-order valence-electron chi connectivity index (χ0n) is 27.9. The molecule has 5 rings (SSSR count). The van der Waals surface area contributed by atoms with Crippen molar-refractivity contribution in [1.29, 1.82) is 0 Å². The molecule has 9 nitrogen and oxygen atoms in total. The molecule has 0 amide bonds. The van der Waals surface area contributed by atoms with Gasteiger partial charge in [0.1, 0.15) is 17.3 Å². The van der Waals surface area contributed by atoms with Crippen molar-refractivity contribution in [1.82, 2.24) is 24.9 Å². The van der Waals surface area contributed by atoms with Crippen molar-refractivity contribution in [2.24, 2.45) is 0 Å². The first-order valence-corrected chi connectivity index (χ1v) is 14.9. The molecule has 0 atom stereocenters. The van der Waals surface area contributed by atoms with Crippen molar-refractivity contribution in [2.75, 3.05) is 35.4 Å². The molecule has 0 aliphatic heterocycles. The molecule has 43 heavy (non-hydrogen) atoms. The van der Waals surface area contributed by atoms with Crippen LogP contribution in [0.2, 0.25) is 0 Å². The molecule has 230 valence electrons. The molecule has 0 unspecified atom stereocenters. The Morgan fingerprint density at radius 2 is 1.09 bits per heavy atom. The van der Waals surface area contributed by atoms with Gasteiger partial charge in [0, 0.05) is 43.4 Å². The average Bonchev–Trinajstić information content (AvgIpc) is 3.39. The first-order chi connectivity index (χ1) is 20.7. The minimum absolute atomic E-state index is 0.584. The molecule has 0 spiro atoms. The Bertz CT molecular complexity index is 1610. The van der Waals surface area contributed by atoms with Gasteiger partial charge in [0.05, 0.1) is 5.39 Å². The molecule has 5 aromatic rings. The van der Waals surface area contributed by atoms with Gasteiger partial charge in [-0.15, -0.1) is 0 Å². The molecule has 0 bridgehead atoms. The van der Waals surface area contributed by atoms with Gasteiger partial charge in [-0.05, 0) is 70.4 Å². The highest BCUT2D eigenvalue weighted by Crippen LogP contribution is 2.27. The van der Waals surface area contributed by atoms with E-state index in [0.717, 1.165) is 45.2 Å².